The van der Waals surface area contributed by atoms with Crippen LogP contribution in [0.3, 0.4) is 0 Å². The van der Waals surface area contributed by atoms with Crippen LogP contribution in [0.2, 0.25) is 0 Å². The van der Waals surface area contributed by atoms with Crippen molar-refractivity contribution in [1.29, 1.82) is 0 Å². The van der Waals surface area contributed by atoms with E-state index in [4.69, 9.17) is 10.5 Å². The van der Waals surface area contributed by atoms with E-state index in [1.54, 1.807) is 53.4 Å². The zero-order valence-corrected chi connectivity index (χ0v) is 18.4. The molecule has 0 aromatic heterocycles. The van der Waals surface area contributed by atoms with Gasteiger partial charge in [0.25, 0.3) is 11.8 Å². The molecule has 7 heteroatoms. The van der Waals surface area contributed by atoms with Crippen molar-refractivity contribution in [2.75, 3.05) is 13.2 Å². The van der Waals surface area contributed by atoms with Gasteiger partial charge in [-0.05, 0) is 49.8 Å². The predicted molar refractivity (Wildman–Crippen MR) is 123 cm³/mol. The minimum absolute atomic E-state index is 0.200. The Morgan fingerprint density at radius 3 is 2.48 bits per heavy atom. The van der Waals surface area contributed by atoms with E-state index in [0.717, 1.165) is 19.3 Å². The lowest BCUT2D eigenvalue weighted by atomic mass is 9.79. The lowest BCUT2D eigenvalue weighted by Crippen LogP contribution is -2.45. The van der Waals surface area contributed by atoms with Gasteiger partial charge in [0.1, 0.15) is 11.7 Å². The number of hydrogen-bond acceptors (Lipinski definition) is 4. The first-order chi connectivity index (χ1) is 16.0. The van der Waals surface area contributed by atoms with Crippen LogP contribution in [0.4, 0.5) is 0 Å². The topological polar surface area (TPSA) is 110 Å². The minimum atomic E-state index is -1.02. The second kappa shape index (κ2) is 9.90. The molecule has 172 valence electrons. The van der Waals surface area contributed by atoms with Crippen molar-refractivity contribution in [3.05, 3.63) is 76.9 Å². The number of rotatable bonds is 8. The maximum absolute atomic E-state index is 13.6. The van der Waals surface area contributed by atoms with Gasteiger partial charge < -0.3 is 20.5 Å². The Morgan fingerprint density at radius 2 is 1.79 bits per heavy atom. The first kappa shape index (κ1) is 22.6. The number of fused-ring (bicyclic) bond motifs is 1. The van der Waals surface area contributed by atoms with Gasteiger partial charge in [-0.15, -0.1) is 0 Å². The number of benzene rings is 2. The monoisotopic (exact) mass is 448 g/mol. The van der Waals surface area contributed by atoms with E-state index in [-0.39, 0.29) is 12.5 Å². The van der Waals surface area contributed by atoms with Crippen LogP contribution in [0.1, 0.15) is 65.5 Å². The summed E-state index contributed by atoms with van der Waals surface area (Å²) < 4.78 is 5.63. The number of allylic oxidation sites excluding steroid dienone is 1. The Labute approximate surface area is 192 Å². The summed E-state index contributed by atoms with van der Waals surface area (Å²) in [4.78, 5) is 39.2. The summed E-state index contributed by atoms with van der Waals surface area (Å²) in [5.41, 5.74) is 8.00. The Morgan fingerprint density at radius 1 is 1.06 bits per heavy atom. The SMILES string of the molecule is NC(=O)COc1ccccc1[C@@H]1[C@H](C(=O)O)c2ccccc2C(=O)N1CCC1=CCCCC1. The van der Waals surface area contributed by atoms with Crippen LogP contribution in [0.25, 0.3) is 0 Å². The largest absolute Gasteiger partial charge is 0.483 e. The molecule has 1 aliphatic carbocycles. The maximum Gasteiger partial charge on any atom is 0.313 e. The molecule has 2 amide bonds. The van der Waals surface area contributed by atoms with Crippen LogP contribution >= 0.6 is 0 Å². The molecule has 3 N–H and O–H groups in total. The van der Waals surface area contributed by atoms with Crippen molar-refractivity contribution in [1.82, 2.24) is 4.90 Å². The van der Waals surface area contributed by atoms with Gasteiger partial charge in [0.2, 0.25) is 0 Å². The van der Waals surface area contributed by atoms with Crippen molar-refractivity contribution in [3.8, 4) is 5.75 Å². The first-order valence-electron chi connectivity index (χ1n) is 11.3. The molecule has 2 aliphatic rings. The molecule has 1 heterocycles. The third-order valence-corrected chi connectivity index (χ3v) is 6.37. The molecule has 2 aromatic carbocycles. The lowest BCUT2D eigenvalue weighted by Gasteiger charge is -2.41. The van der Waals surface area contributed by atoms with E-state index >= 15 is 0 Å². The number of carbonyl (C=O) groups is 3. The molecule has 7 nitrogen and oxygen atoms in total. The van der Waals surface area contributed by atoms with Crippen LogP contribution in [-0.4, -0.2) is 40.9 Å². The highest BCUT2D eigenvalue weighted by atomic mass is 16.5. The normalized spacial score (nSPS) is 20.1. The van der Waals surface area contributed by atoms with E-state index in [9.17, 15) is 19.5 Å². The summed E-state index contributed by atoms with van der Waals surface area (Å²) in [7, 11) is 0. The number of carbonyl (C=O) groups excluding carboxylic acids is 2. The van der Waals surface area contributed by atoms with Crippen LogP contribution in [0, 0.1) is 0 Å². The number of nitrogens with zero attached hydrogens (tertiary/aromatic N) is 1. The molecule has 0 fully saturated rings. The second-order valence-corrected chi connectivity index (χ2v) is 8.50. The molecule has 2 atom stereocenters. The number of para-hydroxylation sites is 1. The molecule has 0 saturated heterocycles. The Hall–Kier alpha value is -3.61. The molecule has 0 radical (unpaired) electrons. The highest BCUT2D eigenvalue weighted by Crippen LogP contribution is 2.45. The molecule has 0 spiro atoms. The Bertz CT molecular complexity index is 1090. The van der Waals surface area contributed by atoms with E-state index in [0.29, 0.717) is 35.4 Å². The Balaban J connectivity index is 1.79. The molecule has 0 saturated carbocycles. The first-order valence-corrected chi connectivity index (χ1v) is 11.3. The lowest BCUT2D eigenvalue weighted by molar-refractivity contribution is -0.140. The summed E-state index contributed by atoms with van der Waals surface area (Å²) >= 11 is 0. The molecule has 2 aromatic rings. The van der Waals surface area contributed by atoms with Gasteiger partial charge in [-0.1, -0.05) is 48.0 Å². The third-order valence-electron chi connectivity index (χ3n) is 6.37. The molecule has 33 heavy (non-hydrogen) atoms. The van der Waals surface area contributed by atoms with Gasteiger partial charge in [-0.2, -0.15) is 0 Å². The van der Waals surface area contributed by atoms with Gasteiger partial charge in [0.05, 0.1) is 6.04 Å². The van der Waals surface area contributed by atoms with E-state index in [2.05, 4.69) is 6.08 Å². The van der Waals surface area contributed by atoms with Crippen molar-refractivity contribution >= 4 is 17.8 Å². The predicted octanol–water partition coefficient (Wildman–Crippen LogP) is 3.81. The van der Waals surface area contributed by atoms with Crippen molar-refractivity contribution < 1.29 is 24.2 Å². The second-order valence-electron chi connectivity index (χ2n) is 8.50. The quantitative estimate of drug-likeness (QED) is 0.597. The zero-order valence-electron chi connectivity index (χ0n) is 18.4. The van der Waals surface area contributed by atoms with Crippen molar-refractivity contribution in [3.63, 3.8) is 0 Å². The average Bonchev–Trinajstić information content (AvgIpc) is 2.82. The Kier molecular flexibility index (Phi) is 6.77. The number of nitrogens with two attached hydrogens (primary N) is 1. The number of carboxylic acids is 1. The van der Waals surface area contributed by atoms with Gasteiger partial charge in [-0.3, -0.25) is 14.4 Å². The smallest absolute Gasteiger partial charge is 0.313 e. The maximum atomic E-state index is 13.6. The van der Waals surface area contributed by atoms with Crippen LogP contribution in [-0.2, 0) is 9.59 Å². The summed E-state index contributed by atoms with van der Waals surface area (Å²) in [5.74, 6) is -2.48. The molecular formula is C26H28N2O5. The molecule has 0 unspecified atom stereocenters. The third kappa shape index (κ3) is 4.77. The number of aliphatic carboxylic acids is 1. The van der Waals surface area contributed by atoms with Crippen molar-refractivity contribution in [2.45, 2.75) is 44.1 Å². The van der Waals surface area contributed by atoms with E-state index < -0.39 is 23.8 Å². The van der Waals surface area contributed by atoms with Gasteiger partial charge >= 0.3 is 5.97 Å². The summed E-state index contributed by atoms with van der Waals surface area (Å²) in [5, 5.41) is 10.3. The molecular weight excluding hydrogens is 420 g/mol. The van der Waals surface area contributed by atoms with Gasteiger partial charge in [-0.25, -0.2) is 0 Å². The van der Waals surface area contributed by atoms with E-state index in [1.807, 2.05) is 0 Å². The van der Waals surface area contributed by atoms with E-state index in [1.165, 1.54) is 12.0 Å². The minimum Gasteiger partial charge on any atom is -0.483 e. The molecule has 4 rings (SSSR count). The van der Waals surface area contributed by atoms with Crippen LogP contribution in [0.5, 0.6) is 5.75 Å². The highest BCUT2D eigenvalue weighted by molar-refractivity contribution is 6.00. The standard InChI is InChI=1S/C26H28N2O5/c27-22(29)16-33-21-13-7-6-12-20(21)24-23(26(31)32)18-10-4-5-11-19(18)25(30)28(24)15-14-17-8-2-1-3-9-17/h4-8,10-13,23-24H,1-3,9,14-16H2,(H2,27,29)(H,31,32)/t23-,24-/m1/s1. The summed E-state index contributed by atoms with van der Waals surface area (Å²) in [6.45, 7) is 0.0660. The molecule has 1 aliphatic heterocycles. The average molecular weight is 449 g/mol. The fourth-order valence-electron chi connectivity index (χ4n) is 4.85. The number of primary amides is 1. The van der Waals surface area contributed by atoms with Gasteiger partial charge in [0.15, 0.2) is 6.61 Å². The summed E-state index contributed by atoms with van der Waals surface area (Å²) in [6.07, 6.45) is 7.28. The number of carboxylic acid groups (broad SMARTS) is 1. The number of hydrogen-bond donors (Lipinski definition) is 2. The summed E-state index contributed by atoms with van der Waals surface area (Å²) in [6, 6.07) is 13.1. The van der Waals surface area contributed by atoms with Crippen LogP contribution in [0.15, 0.2) is 60.2 Å². The fourth-order valence-corrected chi connectivity index (χ4v) is 4.85. The number of ether oxygens (including phenoxy) is 1. The highest BCUT2D eigenvalue weighted by Gasteiger charge is 2.45. The number of amides is 2. The van der Waals surface area contributed by atoms with Gasteiger partial charge in [0, 0.05) is 17.7 Å². The van der Waals surface area contributed by atoms with Crippen LogP contribution < -0.4 is 10.5 Å². The fraction of sp³-hybridized carbons (Fsp3) is 0.346. The molecule has 0 bridgehead atoms. The van der Waals surface area contributed by atoms with Crippen molar-refractivity contribution in [2.24, 2.45) is 5.73 Å². The zero-order chi connectivity index (χ0) is 23.4.